The van der Waals surface area contributed by atoms with Crippen molar-refractivity contribution in [3.05, 3.63) is 35.9 Å². The van der Waals surface area contributed by atoms with E-state index >= 15 is 0 Å². The van der Waals surface area contributed by atoms with Crippen LogP contribution in [0.3, 0.4) is 0 Å². The molecule has 33 heavy (non-hydrogen) atoms. The smallest absolute Gasteiger partial charge is 0.447 e. The second-order valence-electron chi connectivity index (χ2n) is 9.86. The molecule has 0 radical (unpaired) electrons. The normalized spacial score (nSPS) is 19.1. The van der Waals surface area contributed by atoms with Crippen molar-refractivity contribution in [1.29, 1.82) is 5.26 Å². The van der Waals surface area contributed by atoms with Gasteiger partial charge in [0.15, 0.2) is 0 Å². The summed E-state index contributed by atoms with van der Waals surface area (Å²) in [6, 6.07) is 10.7. The fraction of sp³-hybridized carbons (Fsp3) is 0.609. The van der Waals surface area contributed by atoms with Crippen LogP contribution in [-0.4, -0.2) is 72.4 Å². The monoisotopic (exact) mass is 459 g/mol. The zero-order chi connectivity index (χ0) is 24.6. The van der Waals surface area contributed by atoms with E-state index in [1.165, 1.54) is 0 Å². The molecule has 2 amide bonds. The van der Waals surface area contributed by atoms with Crippen LogP contribution in [0.25, 0.3) is 0 Å². The maximum absolute atomic E-state index is 13.3. The van der Waals surface area contributed by atoms with Gasteiger partial charge in [-0.2, -0.15) is 5.26 Å². The summed E-state index contributed by atoms with van der Waals surface area (Å²) in [6.07, 6.45) is -0.242. The van der Waals surface area contributed by atoms with Crippen molar-refractivity contribution in [2.75, 3.05) is 26.4 Å². The minimum atomic E-state index is -1.78. The van der Waals surface area contributed by atoms with Crippen LogP contribution >= 0.6 is 0 Å². The topological polar surface area (TPSA) is 132 Å². The summed E-state index contributed by atoms with van der Waals surface area (Å²) >= 11 is 0. The lowest BCUT2D eigenvalue weighted by molar-refractivity contribution is -0.150. The minimum absolute atomic E-state index is 0.145. The van der Waals surface area contributed by atoms with E-state index in [9.17, 15) is 24.9 Å². The van der Waals surface area contributed by atoms with Gasteiger partial charge in [0, 0.05) is 6.54 Å². The third-order valence-corrected chi connectivity index (χ3v) is 5.46. The standard InChI is InChI=1S/C23H34BN3O6/c1-22(2,3)15-23(4,16-25)20(28)27-10-11-32-13-18(27)14-33-21(29)26-19(24(30)31)12-17-8-6-5-7-9-17/h5-9,18-19,30-31H,10-15H2,1-4H3,(H,26,29)/t18-,19+,23?/m1/s1. The minimum Gasteiger partial charge on any atom is -0.447 e. The largest absolute Gasteiger partial charge is 0.475 e. The number of rotatable bonds is 8. The van der Waals surface area contributed by atoms with E-state index in [2.05, 4.69) is 11.4 Å². The number of carbonyl (C=O) groups excluding carboxylic acids is 2. The van der Waals surface area contributed by atoms with Gasteiger partial charge in [0.2, 0.25) is 5.91 Å². The molecular formula is C23H34BN3O6. The molecule has 1 aromatic carbocycles. The van der Waals surface area contributed by atoms with Gasteiger partial charge < -0.3 is 29.7 Å². The van der Waals surface area contributed by atoms with Gasteiger partial charge in [0.05, 0.1) is 31.3 Å². The van der Waals surface area contributed by atoms with E-state index in [1.54, 1.807) is 11.8 Å². The van der Waals surface area contributed by atoms with Crippen LogP contribution in [0.5, 0.6) is 0 Å². The number of amides is 2. The second kappa shape index (κ2) is 11.5. The maximum atomic E-state index is 13.3. The van der Waals surface area contributed by atoms with Gasteiger partial charge in [-0.15, -0.1) is 0 Å². The molecule has 1 unspecified atom stereocenters. The molecule has 1 aromatic rings. The molecule has 1 heterocycles. The Hall–Kier alpha value is -2.61. The predicted molar refractivity (Wildman–Crippen MR) is 123 cm³/mol. The molecule has 0 saturated carbocycles. The van der Waals surface area contributed by atoms with Crippen LogP contribution in [0.15, 0.2) is 30.3 Å². The molecular weight excluding hydrogens is 425 g/mol. The second-order valence-corrected chi connectivity index (χ2v) is 9.86. The van der Waals surface area contributed by atoms with Gasteiger partial charge in [0.1, 0.15) is 12.0 Å². The first-order chi connectivity index (χ1) is 15.4. The van der Waals surface area contributed by atoms with Crippen molar-refractivity contribution in [3.63, 3.8) is 0 Å². The maximum Gasteiger partial charge on any atom is 0.475 e. The van der Waals surface area contributed by atoms with Gasteiger partial charge in [-0.05, 0) is 30.7 Å². The molecule has 0 aliphatic carbocycles. The summed E-state index contributed by atoms with van der Waals surface area (Å²) in [5.41, 5.74) is -0.613. The van der Waals surface area contributed by atoms with E-state index in [1.807, 2.05) is 51.1 Å². The number of nitriles is 1. The molecule has 0 bridgehead atoms. The summed E-state index contributed by atoms with van der Waals surface area (Å²) < 4.78 is 10.8. The fourth-order valence-electron chi connectivity index (χ4n) is 4.06. The molecule has 3 atom stereocenters. The van der Waals surface area contributed by atoms with Crippen molar-refractivity contribution >= 4 is 19.1 Å². The molecule has 9 nitrogen and oxygen atoms in total. The molecule has 3 N–H and O–H groups in total. The molecule has 0 spiro atoms. The zero-order valence-electron chi connectivity index (χ0n) is 19.8. The highest BCUT2D eigenvalue weighted by molar-refractivity contribution is 6.43. The zero-order valence-corrected chi connectivity index (χ0v) is 19.8. The van der Waals surface area contributed by atoms with E-state index in [4.69, 9.17) is 9.47 Å². The first-order valence-corrected chi connectivity index (χ1v) is 11.1. The fourth-order valence-corrected chi connectivity index (χ4v) is 4.06. The quantitative estimate of drug-likeness (QED) is 0.503. The van der Waals surface area contributed by atoms with Gasteiger partial charge in [-0.1, -0.05) is 51.1 Å². The van der Waals surface area contributed by atoms with E-state index < -0.39 is 30.6 Å². The van der Waals surface area contributed by atoms with Crippen LogP contribution in [-0.2, 0) is 20.7 Å². The molecule has 10 heteroatoms. The SMILES string of the molecule is CC(C)(C)CC(C)(C#N)C(=O)N1CCOC[C@@H]1COC(=O)N[C@@H](Cc1ccccc1)B(O)O. The van der Waals surface area contributed by atoms with Crippen LogP contribution in [0, 0.1) is 22.2 Å². The average molecular weight is 459 g/mol. The third kappa shape index (κ3) is 8.04. The summed E-state index contributed by atoms with van der Waals surface area (Å²) in [5, 5.41) is 31.5. The van der Waals surface area contributed by atoms with Gasteiger partial charge in [0.25, 0.3) is 0 Å². The Kier molecular flexibility index (Phi) is 9.29. The van der Waals surface area contributed by atoms with Gasteiger partial charge in [-0.25, -0.2) is 4.79 Å². The van der Waals surface area contributed by atoms with E-state index in [-0.39, 0.29) is 31.0 Å². The van der Waals surface area contributed by atoms with Crippen molar-refractivity contribution < 1.29 is 29.1 Å². The van der Waals surface area contributed by atoms with Crippen molar-refractivity contribution in [1.82, 2.24) is 10.2 Å². The summed E-state index contributed by atoms with van der Waals surface area (Å²) in [6.45, 7) is 8.21. The van der Waals surface area contributed by atoms with E-state index in [0.29, 0.717) is 19.6 Å². The number of nitrogens with zero attached hydrogens (tertiary/aromatic N) is 2. The van der Waals surface area contributed by atoms with Crippen LogP contribution in [0.4, 0.5) is 4.79 Å². The molecule has 1 saturated heterocycles. The highest BCUT2D eigenvalue weighted by Crippen LogP contribution is 2.35. The van der Waals surface area contributed by atoms with E-state index in [0.717, 1.165) is 5.56 Å². The van der Waals surface area contributed by atoms with Crippen LogP contribution < -0.4 is 5.32 Å². The number of nitrogens with one attached hydrogen (secondary N) is 1. The Morgan fingerprint density at radius 1 is 1.30 bits per heavy atom. The molecule has 0 aromatic heterocycles. The van der Waals surface area contributed by atoms with Crippen molar-refractivity contribution in [3.8, 4) is 6.07 Å². The average Bonchev–Trinajstić information content (AvgIpc) is 2.76. The molecule has 180 valence electrons. The van der Waals surface area contributed by atoms with Crippen LogP contribution in [0.1, 0.15) is 39.7 Å². The molecule has 1 aliphatic rings. The van der Waals surface area contributed by atoms with Gasteiger partial charge >= 0.3 is 13.2 Å². The lowest BCUT2D eigenvalue weighted by atomic mass is 9.75. The summed E-state index contributed by atoms with van der Waals surface area (Å²) in [7, 11) is -1.78. The van der Waals surface area contributed by atoms with Gasteiger partial charge in [-0.3, -0.25) is 4.79 Å². The Morgan fingerprint density at radius 2 is 1.97 bits per heavy atom. The van der Waals surface area contributed by atoms with Crippen LogP contribution in [0.2, 0.25) is 0 Å². The van der Waals surface area contributed by atoms with Crippen molar-refractivity contribution in [2.24, 2.45) is 10.8 Å². The Bertz CT molecular complexity index is 839. The number of hydrogen-bond acceptors (Lipinski definition) is 7. The Balaban J connectivity index is 2.00. The lowest BCUT2D eigenvalue weighted by Crippen LogP contribution is -2.56. The molecule has 1 fully saturated rings. The molecule has 2 rings (SSSR count). The highest BCUT2D eigenvalue weighted by atomic mass is 16.6. The third-order valence-electron chi connectivity index (χ3n) is 5.46. The highest BCUT2D eigenvalue weighted by Gasteiger charge is 2.43. The number of alkyl carbamates (subject to hydrolysis) is 1. The number of morpholine rings is 1. The number of benzene rings is 1. The lowest BCUT2D eigenvalue weighted by Gasteiger charge is -2.40. The Morgan fingerprint density at radius 3 is 2.55 bits per heavy atom. The predicted octanol–water partition coefficient (Wildman–Crippen LogP) is 1.53. The number of carbonyl (C=O) groups is 2. The number of ether oxygens (including phenoxy) is 2. The van der Waals surface area contributed by atoms with Crippen molar-refractivity contribution in [2.45, 2.75) is 52.5 Å². The first kappa shape index (κ1) is 26.6. The summed E-state index contributed by atoms with van der Waals surface area (Å²) in [4.78, 5) is 27.2. The summed E-state index contributed by atoms with van der Waals surface area (Å²) in [5.74, 6) is -1.28. The molecule has 1 aliphatic heterocycles. The first-order valence-electron chi connectivity index (χ1n) is 11.1. The Labute approximate surface area is 195 Å². The number of hydrogen-bond donors (Lipinski definition) is 3.